The van der Waals surface area contributed by atoms with E-state index in [9.17, 15) is 19.2 Å². The number of fused-ring (bicyclic) bond motifs is 1. The van der Waals surface area contributed by atoms with E-state index in [0.29, 0.717) is 18.8 Å². The van der Waals surface area contributed by atoms with Crippen LogP contribution in [0.3, 0.4) is 0 Å². The molecule has 3 aromatic carbocycles. The Morgan fingerprint density at radius 2 is 1.33 bits per heavy atom. The molecule has 8 rings (SSSR count). The lowest BCUT2D eigenvalue weighted by Crippen LogP contribution is -2.54. The molecule has 2 saturated heterocycles. The van der Waals surface area contributed by atoms with Crippen LogP contribution in [-0.2, 0) is 19.1 Å². The molecule has 4 heterocycles. The molecule has 5 atom stereocenters. The van der Waals surface area contributed by atoms with Crippen molar-refractivity contribution in [2.75, 3.05) is 27.3 Å². The number of nitrogens with one attached hydrogen (secondary N) is 4. The molecule has 0 radical (unpaired) electrons. The van der Waals surface area contributed by atoms with Crippen molar-refractivity contribution in [2.24, 2.45) is 16.7 Å². The Bertz CT molecular complexity index is 2580. The fourth-order valence-electron chi connectivity index (χ4n) is 9.09. The number of hydrogen-bond donors (Lipinski definition) is 4. The van der Waals surface area contributed by atoms with E-state index in [-0.39, 0.29) is 41.8 Å². The van der Waals surface area contributed by atoms with Gasteiger partial charge in [0, 0.05) is 12.1 Å². The number of rotatable bonds is 10. The number of imidazole rings is 2. The van der Waals surface area contributed by atoms with Crippen LogP contribution in [0.4, 0.5) is 9.59 Å². The number of carbonyl (C=O) groups is 4. The first-order valence-corrected chi connectivity index (χ1v) is 21.5. The summed E-state index contributed by atoms with van der Waals surface area (Å²) in [6, 6.07) is 18.3. The average molecular weight is 854 g/mol. The Morgan fingerprint density at radius 1 is 0.778 bits per heavy atom. The molecule has 1 unspecified atom stereocenters. The molecule has 4 amide bonds. The third-order valence-corrected chi connectivity index (χ3v) is 12.9. The molecule has 1 spiro atoms. The third kappa shape index (κ3) is 8.71. The van der Waals surface area contributed by atoms with Gasteiger partial charge in [-0.2, -0.15) is 0 Å². The number of ether oxygens (including phenoxy) is 2. The number of methoxy groups -OCH3 is 2. The maximum atomic E-state index is 13.9. The van der Waals surface area contributed by atoms with Gasteiger partial charge in [0.05, 0.1) is 63.1 Å². The van der Waals surface area contributed by atoms with Crippen molar-refractivity contribution < 1.29 is 28.7 Å². The van der Waals surface area contributed by atoms with Gasteiger partial charge in [0.1, 0.15) is 23.7 Å². The van der Waals surface area contributed by atoms with E-state index in [1.165, 1.54) is 14.2 Å². The zero-order chi connectivity index (χ0) is 44.8. The highest BCUT2D eigenvalue weighted by molar-refractivity contribution is 5.91. The number of carbonyl (C=O) groups excluding carboxylic acids is 4. The highest BCUT2D eigenvalue weighted by Crippen LogP contribution is 2.58. The van der Waals surface area contributed by atoms with Crippen molar-refractivity contribution in [3.05, 3.63) is 96.1 Å². The van der Waals surface area contributed by atoms with E-state index < -0.39 is 35.7 Å². The van der Waals surface area contributed by atoms with E-state index in [2.05, 4.69) is 79.0 Å². The Labute approximate surface area is 367 Å². The predicted octanol–water partition coefficient (Wildman–Crippen LogP) is 8.05. The SMILES string of the molecule is [C-]#[N+]C1C[C@@H](c2ncc(-c3ccc(-c4ccc5cc(-c6cnc([C@@H]7CC8(CC8)CN7C(=O)[C@@H](NC(=O)OC)C(C)C)[nH]6)ccc5c4)cc3)[nH]2)N(C(=O)[C@@H](NC(=O)OC)C(C)(C)C)C1. The first-order valence-electron chi connectivity index (χ1n) is 21.5. The Kier molecular flexibility index (Phi) is 11.5. The molecule has 63 heavy (non-hydrogen) atoms. The minimum atomic E-state index is -0.855. The highest BCUT2D eigenvalue weighted by atomic mass is 16.5. The molecule has 15 heteroatoms. The van der Waals surface area contributed by atoms with Crippen LogP contribution in [0.25, 0.3) is 49.3 Å². The summed E-state index contributed by atoms with van der Waals surface area (Å²) in [6.45, 7) is 18.1. The van der Waals surface area contributed by atoms with Crippen molar-refractivity contribution in [3.63, 3.8) is 0 Å². The van der Waals surface area contributed by atoms with Gasteiger partial charge >= 0.3 is 12.2 Å². The highest BCUT2D eigenvalue weighted by Gasteiger charge is 2.55. The largest absolute Gasteiger partial charge is 0.453 e. The van der Waals surface area contributed by atoms with Gasteiger partial charge in [-0.25, -0.2) is 26.1 Å². The number of amides is 4. The molecule has 15 nitrogen and oxygen atoms in total. The van der Waals surface area contributed by atoms with Gasteiger partial charge in [0.15, 0.2) is 0 Å². The summed E-state index contributed by atoms with van der Waals surface area (Å²) in [5, 5.41) is 7.61. The Balaban J connectivity index is 0.965. The van der Waals surface area contributed by atoms with Gasteiger partial charge in [-0.15, -0.1) is 0 Å². The number of alkyl carbamates (subject to hydrolysis) is 2. The molecule has 1 aliphatic carbocycles. The number of aromatic nitrogens is 4. The van der Waals surface area contributed by atoms with E-state index in [1.54, 1.807) is 11.1 Å². The molecule has 328 valence electrons. The summed E-state index contributed by atoms with van der Waals surface area (Å²) >= 11 is 0. The van der Waals surface area contributed by atoms with Crippen LogP contribution >= 0.6 is 0 Å². The van der Waals surface area contributed by atoms with Gasteiger partial charge < -0.3 is 44.7 Å². The molecule has 2 aliphatic heterocycles. The van der Waals surface area contributed by atoms with Crippen molar-refractivity contribution in [1.29, 1.82) is 0 Å². The van der Waals surface area contributed by atoms with Gasteiger partial charge in [-0.05, 0) is 75.6 Å². The Morgan fingerprint density at radius 3 is 1.92 bits per heavy atom. The van der Waals surface area contributed by atoms with E-state index >= 15 is 0 Å². The standard InChI is InChI=1S/C48H55N9O6/c1-27(2)39(54-45(60)62-7)43(58)57-26-48(17-18-48)22-38(57)42-51-24-36(53-42)33-16-15-31-19-30(13-14-32(31)20-33)28-9-11-29(12-10-28)35-23-50-41(52-35)37-21-34(49-6)25-56(37)44(59)40(47(3,4)5)55-46(61)63-8/h9-16,19-20,23-24,27,34,37-40H,17-18,21-22,25-26H2,1-5,7-8H3,(H,50,52)(H,51,53)(H,54,60)(H,55,61)/t34?,37-,38-,39-,40+/m0/s1. The fraction of sp³-hybridized carbons (Fsp3) is 0.438. The lowest BCUT2D eigenvalue weighted by Gasteiger charge is -2.34. The number of aromatic amines is 2. The molecule has 4 N–H and O–H groups in total. The zero-order valence-corrected chi connectivity index (χ0v) is 36.8. The predicted molar refractivity (Wildman–Crippen MR) is 238 cm³/mol. The van der Waals surface area contributed by atoms with Gasteiger partial charge in [-0.1, -0.05) is 83.1 Å². The van der Waals surface area contributed by atoms with Gasteiger partial charge in [0.25, 0.3) is 0 Å². The smallest absolute Gasteiger partial charge is 0.407 e. The molecule has 1 saturated carbocycles. The maximum absolute atomic E-state index is 13.9. The second kappa shape index (κ2) is 16.9. The van der Waals surface area contributed by atoms with Crippen LogP contribution in [0.5, 0.6) is 0 Å². The summed E-state index contributed by atoms with van der Waals surface area (Å²) in [7, 11) is 2.56. The summed E-state index contributed by atoms with van der Waals surface area (Å²) in [5.74, 6) is 0.822. The zero-order valence-electron chi connectivity index (χ0n) is 36.8. The normalized spacial score (nSPS) is 20.1. The van der Waals surface area contributed by atoms with E-state index in [0.717, 1.165) is 69.5 Å². The first kappa shape index (κ1) is 43.0. The average Bonchev–Trinajstić information content (AvgIpc) is 3.78. The second-order valence-electron chi connectivity index (χ2n) is 18.7. The van der Waals surface area contributed by atoms with E-state index in [4.69, 9.17) is 21.0 Å². The van der Waals surface area contributed by atoms with Crippen LogP contribution in [0.15, 0.2) is 73.1 Å². The van der Waals surface area contributed by atoms with E-state index in [1.807, 2.05) is 57.8 Å². The monoisotopic (exact) mass is 853 g/mol. The van der Waals surface area contributed by atoms with Crippen molar-refractivity contribution in [2.45, 2.75) is 90.5 Å². The number of nitrogens with zero attached hydrogens (tertiary/aromatic N) is 5. The molecular formula is C48H55N9O6. The minimum absolute atomic E-state index is 0.110. The van der Waals surface area contributed by atoms with Crippen molar-refractivity contribution in [3.8, 4) is 33.6 Å². The van der Waals surface area contributed by atoms with Crippen molar-refractivity contribution >= 4 is 34.8 Å². The van der Waals surface area contributed by atoms with Crippen LogP contribution in [-0.4, -0.2) is 99.2 Å². The van der Waals surface area contributed by atoms with Crippen LogP contribution in [0, 0.1) is 23.3 Å². The number of H-pyrrole nitrogens is 2. The van der Waals surface area contributed by atoms with Crippen LogP contribution in [0.2, 0.25) is 0 Å². The van der Waals surface area contributed by atoms with Crippen LogP contribution in [0.1, 0.15) is 84.0 Å². The molecular weight excluding hydrogens is 799 g/mol. The van der Waals surface area contributed by atoms with Crippen molar-refractivity contribution in [1.82, 2.24) is 40.4 Å². The van der Waals surface area contributed by atoms with Crippen LogP contribution < -0.4 is 10.6 Å². The van der Waals surface area contributed by atoms with Gasteiger partial charge in [0.2, 0.25) is 17.9 Å². The fourth-order valence-corrected chi connectivity index (χ4v) is 9.09. The third-order valence-electron chi connectivity index (χ3n) is 12.9. The molecule has 3 aliphatic rings. The first-order chi connectivity index (χ1) is 30.1. The summed E-state index contributed by atoms with van der Waals surface area (Å²) < 4.78 is 9.63. The second-order valence-corrected chi connectivity index (χ2v) is 18.7. The lowest BCUT2D eigenvalue weighted by molar-refractivity contribution is -0.137. The minimum Gasteiger partial charge on any atom is -0.453 e. The molecule has 5 aromatic rings. The summed E-state index contributed by atoms with van der Waals surface area (Å²) in [4.78, 5) is 75.9. The maximum Gasteiger partial charge on any atom is 0.407 e. The number of likely N-dealkylation sites (tertiary alicyclic amines) is 2. The quantitative estimate of drug-likeness (QED) is 0.102. The molecule has 2 aromatic heterocycles. The topological polar surface area (TPSA) is 179 Å². The Hall–Kier alpha value is -6.69. The number of benzene rings is 3. The number of hydrogen-bond acceptors (Lipinski definition) is 8. The summed E-state index contributed by atoms with van der Waals surface area (Å²) in [5.41, 5.74) is 5.20. The molecule has 3 fully saturated rings. The lowest BCUT2D eigenvalue weighted by atomic mass is 9.85. The molecule has 0 bridgehead atoms. The van der Waals surface area contributed by atoms with Gasteiger partial charge in [-0.3, -0.25) is 9.59 Å². The summed E-state index contributed by atoms with van der Waals surface area (Å²) in [6.07, 6.45) is 5.71.